The van der Waals surface area contributed by atoms with Gasteiger partial charge in [-0.25, -0.2) is 4.21 Å². The van der Waals surface area contributed by atoms with Gasteiger partial charge >= 0.3 is 0 Å². The summed E-state index contributed by atoms with van der Waals surface area (Å²) in [5.41, 5.74) is 2.05. The van der Waals surface area contributed by atoms with Crippen molar-refractivity contribution < 1.29 is 4.21 Å². The smallest absolute Gasteiger partial charge is 0.117 e. The minimum atomic E-state index is -0.960. The molecule has 1 atom stereocenters. The minimum Gasteiger partial charge on any atom is -0.305 e. The zero-order valence-electron chi connectivity index (χ0n) is 8.34. The highest BCUT2D eigenvalue weighted by atomic mass is 79.9. The summed E-state index contributed by atoms with van der Waals surface area (Å²) in [5.74, 6) is 0.686. The van der Waals surface area contributed by atoms with Crippen molar-refractivity contribution in [3.63, 3.8) is 0 Å². The molecule has 0 aliphatic heterocycles. The van der Waals surface area contributed by atoms with Crippen molar-refractivity contribution in [2.75, 3.05) is 10.5 Å². The third kappa shape index (κ3) is 3.42. The van der Waals surface area contributed by atoms with Gasteiger partial charge in [0.25, 0.3) is 0 Å². The van der Waals surface area contributed by atoms with Gasteiger partial charge in [-0.05, 0) is 31.0 Å². The zero-order valence-corrected chi connectivity index (χ0v) is 10.7. The standard InChI is InChI=1S/C10H14BrNOS/c1-3-6-14(13)12-10-7-9(11)5-4-8(10)2/h4-5,7,12H,3,6H2,1-2H3. The predicted molar refractivity (Wildman–Crippen MR) is 65.8 cm³/mol. The molecule has 0 aliphatic carbocycles. The average Bonchev–Trinajstić information content (AvgIpc) is 2.12. The molecule has 1 N–H and O–H groups in total. The summed E-state index contributed by atoms with van der Waals surface area (Å²) in [6.45, 7) is 4.02. The van der Waals surface area contributed by atoms with E-state index in [9.17, 15) is 4.21 Å². The van der Waals surface area contributed by atoms with Gasteiger partial charge in [0.15, 0.2) is 0 Å². The van der Waals surface area contributed by atoms with Crippen LogP contribution < -0.4 is 4.72 Å². The van der Waals surface area contributed by atoms with Crippen LogP contribution in [-0.4, -0.2) is 9.96 Å². The Morgan fingerprint density at radius 3 is 2.86 bits per heavy atom. The molecule has 0 saturated heterocycles. The largest absolute Gasteiger partial charge is 0.305 e. The molecular formula is C10H14BrNOS. The Bertz CT molecular complexity index is 341. The molecule has 0 spiro atoms. The minimum absolute atomic E-state index is 0.686. The van der Waals surface area contributed by atoms with Crippen LogP contribution in [0.3, 0.4) is 0 Å². The first-order valence-electron chi connectivity index (χ1n) is 4.54. The van der Waals surface area contributed by atoms with Crippen LogP contribution in [-0.2, 0) is 11.0 Å². The summed E-state index contributed by atoms with van der Waals surface area (Å²) in [4.78, 5) is 0. The Kier molecular flexibility index (Phi) is 4.62. The third-order valence-corrected chi connectivity index (χ3v) is 3.53. The molecule has 14 heavy (non-hydrogen) atoms. The highest BCUT2D eigenvalue weighted by Crippen LogP contribution is 2.20. The topological polar surface area (TPSA) is 29.1 Å². The second kappa shape index (κ2) is 5.51. The number of halogens is 1. The average molecular weight is 276 g/mol. The van der Waals surface area contributed by atoms with Crippen LogP contribution in [0.2, 0.25) is 0 Å². The summed E-state index contributed by atoms with van der Waals surface area (Å²) < 4.78 is 15.5. The molecule has 0 fully saturated rings. The normalized spacial score (nSPS) is 12.5. The van der Waals surface area contributed by atoms with Gasteiger partial charge < -0.3 is 4.72 Å². The van der Waals surface area contributed by atoms with E-state index in [2.05, 4.69) is 20.7 Å². The van der Waals surface area contributed by atoms with Crippen molar-refractivity contribution in [2.24, 2.45) is 0 Å². The lowest BCUT2D eigenvalue weighted by molar-refractivity contribution is 0.685. The molecule has 1 aromatic rings. The van der Waals surface area contributed by atoms with E-state index in [1.54, 1.807) is 0 Å². The van der Waals surface area contributed by atoms with E-state index in [-0.39, 0.29) is 0 Å². The Morgan fingerprint density at radius 1 is 1.50 bits per heavy atom. The second-order valence-corrected chi connectivity index (χ2v) is 5.33. The maximum Gasteiger partial charge on any atom is 0.117 e. The lowest BCUT2D eigenvalue weighted by atomic mass is 10.2. The first kappa shape index (κ1) is 11.7. The van der Waals surface area contributed by atoms with Gasteiger partial charge in [0.1, 0.15) is 11.0 Å². The van der Waals surface area contributed by atoms with Crippen molar-refractivity contribution >= 4 is 32.6 Å². The van der Waals surface area contributed by atoms with Gasteiger partial charge in [-0.1, -0.05) is 28.9 Å². The fourth-order valence-electron chi connectivity index (χ4n) is 1.06. The molecule has 4 heteroatoms. The molecule has 0 heterocycles. The molecule has 0 bridgehead atoms. The highest BCUT2D eigenvalue weighted by Gasteiger charge is 2.02. The van der Waals surface area contributed by atoms with Crippen LogP contribution in [0.1, 0.15) is 18.9 Å². The Morgan fingerprint density at radius 2 is 2.21 bits per heavy atom. The molecule has 0 amide bonds. The summed E-state index contributed by atoms with van der Waals surface area (Å²) in [6, 6.07) is 5.92. The maximum absolute atomic E-state index is 11.5. The first-order chi connectivity index (χ1) is 6.63. The lowest BCUT2D eigenvalue weighted by Gasteiger charge is -2.08. The molecule has 0 radical (unpaired) electrons. The van der Waals surface area contributed by atoms with E-state index in [0.717, 1.165) is 22.1 Å². The summed E-state index contributed by atoms with van der Waals surface area (Å²) in [5, 5.41) is 0. The molecule has 0 aliphatic rings. The van der Waals surface area contributed by atoms with E-state index in [1.807, 2.05) is 32.0 Å². The van der Waals surface area contributed by atoms with Gasteiger partial charge in [-0.15, -0.1) is 0 Å². The SMILES string of the molecule is CCCS(=O)Nc1cc(Br)ccc1C. The molecule has 1 unspecified atom stereocenters. The Labute approximate surface area is 95.8 Å². The predicted octanol–water partition coefficient (Wildman–Crippen LogP) is 3.24. The molecule has 1 rings (SSSR count). The molecule has 78 valence electrons. The maximum atomic E-state index is 11.5. The van der Waals surface area contributed by atoms with Crippen molar-refractivity contribution in [2.45, 2.75) is 20.3 Å². The van der Waals surface area contributed by atoms with Crippen LogP contribution in [0.15, 0.2) is 22.7 Å². The van der Waals surface area contributed by atoms with Crippen LogP contribution in [0.4, 0.5) is 5.69 Å². The van der Waals surface area contributed by atoms with Crippen LogP contribution >= 0.6 is 15.9 Å². The van der Waals surface area contributed by atoms with E-state index < -0.39 is 11.0 Å². The fraction of sp³-hybridized carbons (Fsp3) is 0.400. The molecule has 1 aromatic carbocycles. The van der Waals surface area contributed by atoms with Crippen molar-refractivity contribution in [3.05, 3.63) is 28.2 Å². The van der Waals surface area contributed by atoms with E-state index >= 15 is 0 Å². The first-order valence-corrected chi connectivity index (χ1v) is 6.66. The van der Waals surface area contributed by atoms with Gasteiger partial charge in [-0.3, -0.25) is 0 Å². The molecule has 0 aromatic heterocycles. The second-order valence-electron chi connectivity index (χ2n) is 3.11. The summed E-state index contributed by atoms with van der Waals surface area (Å²) >= 11 is 3.39. The van der Waals surface area contributed by atoms with Crippen LogP contribution in [0.5, 0.6) is 0 Å². The number of hydrogen-bond acceptors (Lipinski definition) is 1. The van der Waals surface area contributed by atoms with Crippen molar-refractivity contribution in [1.29, 1.82) is 0 Å². The van der Waals surface area contributed by atoms with Gasteiger partial charge in [0.2, 0.25) is 0 Å². The summed E-state index contributed by atoms with van der Waals surface area (Å²) in [6.07, 6.45) is 0.923. The van der Waals surface area contributed by atoms with Gasteiger partial charge in [0, 0.05) is 10.2 Å². The number of nitrogens with one attached hydrogen (secondary N) is 1. The molecule has 0 saturated carbocycles. The van der Waals surface area contributed by atoms with Crippen LogP contribution in [0.25, 0.3) is 0 Å². The van der Waals surface area contributed by atoms with E-state index in [4.69, 9.17) is 0 Å². The van der Waals surface area contributed by atoms with E-state index in [0.29, 0.717) is 5.75 Å². The van der Waals surface area contributed by atoms with Gasteiger partial charge in [-0.2, -0.15) is 0 Å². The third-order valence-electron chi connectivity index (χ3n) is 1.81. The monoisotopic (exact) mass is 275 g/mol. The lowest BCUT2D eigenvalue weighted by Crippen LogP contribution is -2.08. The Balaban J connectivity index is 2.75. The van der Waals surface area contributed by atoms with Crippen molar-refractivity contribution in [3.8, 4) is 0 Å². The van der Waals surface area contributed by atoms with Crippen LogP contribution in [0, 0.1) is 6.92 Å². The number of aryl methyl sites for hydroxylation is 1. The quantitative estimate of drug-likeness (QED) is 0.898. The summed E-state index contributed by atoms with van der Waals surface area (Å²) in [7, 11) is -0.960. The Hall–Kier alpha value is -0.350. The molecular weight excluding hydrogens is 262 g/mol. The van der Waals surface area contributed by atoms with Crippen molar-refractivity contribution in [1.82, 2.24) is 0 Å². The number of hydrogen-bond donors (Lipinski definition) is 1. The fourth-order valence-corrected chi connectivity index (χ4v) is 2.36. The zero-order chi connectivity index (χ0) is 10.6. The van der Waals surface area contributed by atoms with E-state index in [1.165, 1.54) is 0 Å². The number of rotatable bonds is 4. The highest BCUT2D eigenvalue weighted by molar-refractivity contribution is 9.10. The molecule has 2 nitrogen and oxygen atoms in total. The number of anilines is 1. The van der Waals surface area contributed by atoms with Gasteiger partial charge in [0.05, 0.1) is 5.69 Å². The number of benzene rings is 1.